The molecule has 0 saturated carbocycles. The number of nitrogens with zero attached hydrogens (tertiary/aromatic N) is 3. The summed E-state index contributed by atoms with van der Waals surface area (Å²) in [7, 11) is 0. The van der Waals surface area contributed by atoms with Crippen LogP contribution >= 0.6 is 11.3 Å². The normalized spacial score (nSPS) is 13.7. The van der Waals surface area contributed by atoms with Gasteiger partial charge in [-0.15, -0.1) is 11.3 Å². The van der Waals surface area contributed by atoms with E-state index in [1.54, 1.807) is 11.3 Å². The van der Waals surface area contributed by atoms with Crippen molar-refractivity contribution in [1.82, 2.24) is 14.5 Å². The molecule has 19 heavy (non-hydrogen) atoms. The number of thiazole rings is 1. The van der Waals surface area contributed by atoms with Crippen molar-refractivity contribution in [2.75, 3.05) is 0 Å². The second kappa shape index (κ2) is 5.43. The van der Waals surface area contributed by atoms with Crippen LogP contribution in [0, 0.1) is 0 Å². The van der Waals surface area contributed by atoms with E-state index in [-0.39, 0.29) is 11.5 Å². The number of nitrogens with two attached hydrogens (primary N) is 1. The van der Waals surface area contributed by atoms with Crippen LogP contribution in [0.4, 0.5) is 0 Å². The molecule has 0 aromatic carbocycles. The monoisotopic (exact) mass is 278 g/mol. The summed E-state index contributed by atoms with van der Waals surface area (Å²) < 4.78 is 2.07. The summed E-state index contributed by atoms with van der Waals surface area (Å²) in [6, 6.07) is 0.149. The van der Waals surface area contributed by atoms with E-state index in [2.05, 4.69) is 41.9 Å². The van der Waals surface area contributed by atoms with E-state index < -0.39 is 0 Å². The van der Waals surface area contributed by atoms with Gasteiger partial charge in [-0.25, -0.2) is 9.97 Å². The molecule has 0 fully saturated rings. The molecule has 0 aliphatic carbocycles. The van der Waals surface area contributed by atoms with Crippen molar-refractivity contribution < 1.29 is 0 Å². The maximum atomic E-state index is 5.78. The van der Waals surface area contributed by atoms with E-state index in [1.807, 2.05) is 13.3 Å². The van der Waals surface area contributed by atoms with Crippen molar-refractivity contribution in [3.05, 3.63) is 34.3 Å². The third-order valence-electron chi connectivity index (χ3n) is 2.86. The van der Waals surface area contributed by atoms with Gasteiger partial charge in [0.05, 0.1) is 24.3 Å². The van der Waals surface area contributed by atoms with Gasteiger partial charge in [-0.05, 0) is 6.92 Å². The summed E-state index contributed by atoms with van der Waals surface area (Å²) in [6.07, 6.45) is 4.73. The molecule has 0 saturated heterocycles. The predicted octanol–water partition coefficient (Wildman–Crippen LogP) is 2.58. The van der Waals surface area contributed by atoms with Crippen LogP contribution in [0.5, 0.6) is 0 Å². The summed E-state index contributed by atoms with van der Waals surface area (Å²) >= 11 is 1.71. The van der Waals surface area contributed by atoms with E-state index in [9.17, 15) is 0 Å². The Labute approximate surface area is 118 Å². The predicted molar refractivity (Wildman–Crippen MR) is 79.5 cm³/mol. The van der Waals surface area contributed by atoms with Crippen LogP contribution < -0.4 is 5.73 Å². The maximum absolute atomic E-state index is 5.78. The Bertz CT molecular complexity index is 534. The molecular formula is C14H22N4S. The molecule has 4 nitrogen and oxygen atoms in total. The van der Waals surface area contributed by atoms with Crippen molar-refractivity contribution in [2.45, 2.75) is 52.1 Å². The van der Waals surface area contributed by atoms with Gasteiger partial charge in [0.1, 0.15) is 5.01 Å². The molecule has 2 aromatic heterocycles. The highest BCUT2D eigenvalue weighted by atomic mass is 32.1. The second-order valence-corrected chi connectivity index (χ2v) is 7.04. The lowest BCUT2D eigenvalue weighted by atomic mass is 9.93. The Morgan fingerprint density at radius 3 is 2.74 bits per heavy atom. The molecule has 0 radical (unpaired) electrons. The van der Waals surface area contributed by atoms with Crippen LogP contribution in [-0.4, -0.2) is 20.6 Å². The van der Waals surface area contributed by atoms with Crippen LogP contribution in [0.25, 0.3) is 0 Å². The zero-order valence-electron chi connectivity index (χ0n) is 12.1. The van der Waals surface area contributed by atoms with Gasteiger partial charge >= 0.3 is 0 Å². The highest BCUT2D eigenvalue weighted by Gasteiger charge is 2.17. The smallest absolute Gasteiger partial charge is 0.113 e. The van der Waals surface area contributed by atoms with Gasteiger partial charge in [-0.1, -0.05) is 20.8 Å². The Hall–Kier alpha value is -1.20. The summed E-state index contributed by atoms with van der Waals surface area (Å²) in [5, 5.41) is 3.27. The van der Waals surface area contributed by atoms with Crippen LogP contribution in [0.2, 0.25) is 0 Å². The van der Waals surface area contributed by atoms with Crippen LogP contribution in [0.1, 0.15) is 44.1 Å². The van der Waals surface area contributed by atoms with E-state index in [0.29, 0.717) is 0 Å². The Morgan fingerprint density at radius 1 is 1.42 bits per heavy atom. The first-order valence-electron chi connectivity index (χ1n) is 6.55. The minimum Gasteiger partial charge on any atom is -0.330 e. The van der Waals surface area contributed by atoms with Crippen molar-refractivity contribution in [1.29, 1.82) is 0 Å². The van der Waals surface area contributed by atoms with Gasteiger partial charge in [0.2, 0.25) is 0 Å². The molecule has 2 N–H and O–H groups in total. The molecule has 0 spiro atoms. The lowest BCUT2D eigenvalue weighted by Gasteiger charge is -2.14. The van der Waals surface area contributed by atoms with Crippen LogP contribution in [-0.2, 0) is 18.4 Å². The fraction of sp³-hybridized carbons (Fsp3) is 0.571. The first-order chi connectivity index (χ1) is 8.84. The third-order valence-corrected chi connectivity index (χ3v) is 3.69. The fourth-order valence-corrected chi connectivity index (χ4v) is 2.84. The maximum Gasteiger partial charge on any atom is 0.113 e. The first-order valence-corrected chi connectivity index (χ1v) is 7.43. The number of aromatic nitrogens is 3. The number of hydrogen-bond donors (Lipinski definition) is 1. The van der Waals surface area contributed by atoms with E-state index in [4.69, 9.17) is 10.7 Å². The average molecular weight is 278 g/mol. The summed E-state index contributed by atoms with van der Waals surface area (Å²) in [6.45, 7) is 9.33. The third kappa shape index (κ3) is 3.88. The molecule has 1 unspecified atom stereocenters. The summed E-state index contributed by atoms with van der Waals surface area (Å²) in [5.74, 6) is 0. The van der Waals surface area contributed by atoms with Gasteiger partial charge < -0.3 is 10.3 Å². The Balaban J connectivity index is 2.05. The van der Waals surface area contributed by atoms with Crippen molar-refractivity contribution in [3.8, 4) is 0 Å². The molecule has 1 atom stereocenters. The van der Waals surface area contributed by atoms with Gasteiger partial charge in [0, 0.05) is 29.5 Å². The molecule has 0 amide bonds. The lowest BCUT2D eigenvalue weighted by Crippen LogP contribution is -2.17. The standard InChI is InChI=1S/C14H22N4S/c1-10(15)5-11-6-18(9-16-11)7-13-17-12(8-19-13)14(2,3)4/h6,8-10H,5,7,15H2,1-4H3. The largest absolute Gasteiger partial charge is 0.330 e. The van der Waals surface area contributed by atoms with Crippen LogP contribution in [0.15, 0.2) is 17.9 Å². The van der Waals surface area contributed by atoms with Crippen LogP contribution in [0.3, 0.4) is 0 Å². The van der Waals surface area contributed by atoms with Crippen molar-refractivity contribution in [3.63, 3.8) is 0 Å². The van der Waals surface area contributed by atoms with E-state index >= 15 is 0 Å². The molecule has 0 aliphatic rings. The molecule has 2 rings (SSSR count). The molecule has 5 heteroatoms. The fourth-order valence-electron chi connectivity index (χ4n) is 1.81. The molecule has 0 aliphatic heterocycles. The molecule has 0 bridgehead atoms. The van der Waals surface area contributed by atoms with Gasteiger partial charge in [0.25, 0.3) is 0 Å². The molecular weight excluding hydrogens is 256 g/mol. The Kier molecular flexibility index (Phi) is 4.06. The Morgan fingerprint density at radius 2 is 2.16 bits per heavy atom. The number of hydrogen-bond acceptors (Lipinski definition) is 4. The van der Waals surface area contributed by atoms with E-state index in [1.165, 1.54) is 0 Å². The first kappa shape index (κ1) is 14.2. The van der Waals surface area contributed by atoms with Gasteiger partial charge in [0.15, 0.2) is 0 Å². The number of imidazole rings is 1. The zero-order chi connectivity index (χ0) is 14.0. The second-order valence-electron chi connectivity index (χ2n) is 6.10. The van der Waals surface area contributed by atoms with Crippen molar-refractivity contribution in [2.24, 2.45) is 5.73 Å². The highest BCUT2D eigenvalue weighted by Crippen LogP contribution is 2.24. The van der Waals surface area contributed by atoms with E-state index in [0.717, 1.165) is 29.4 Å². The molecule has 2 heterocycles. The average Bonchev–Trinajstić information content (AvgIpc) is 2.86. The summed E-state index contributed by atoms with van der Waals surface area (Å²) in [5.41, 5.74) is 8.09. The lowest BCUT2D eigenvalue weighted by molar-refractivity contribution is 0.569. The minimum atomic E-state index is 0.115. The highest BCUT2D eigenvalue weighted by molar-refractivity contribution is 7.09. The number of rotatable bonds is 4. The molecule has 104 valence electrons. The topological polar surface area (TPSA) is 56.7 Å². The van der Waals surface area contributed by atoms with Gasteiger partial charge in [-0.3, -0.25) is 0 Å². The SMILES string of the molecule is CC(N)Cc1cn(Cc2nc(C(C)(C)C)cs2)cn1. The summed E-state index contributed by atoms with van der Waals surface area (Å²) in [4.78, 5) is 9.06. The van der Waals surface area contributed by atoms with Gasteiger partial charge in [-0.2, -0.15) is 0 Å². The minimum absolute atomic E-state index is 0.115. The molecule has 2 aromatic rings. The quantitative estimate of drug-likeness (QED) is 0.935. The zero-order valence-corrected chi connectivity index (χ0v) is 12.9. The van der Waals surface area contributed by atoms with Crippen molar-refractivity contribution >= 4 is 11.3 Å².